The van der Waals surface area contributed by atoms with Crippen molar-refractivity contribution in [2.75, 3.05) is 20.2 Å². The molecule has 2 fully saturated rings. The molecule has 26 heavy (non-hydrogen) atoms. The van der Waals surface area contributed by atoms with Crippen molar-refractivity contribution < 1.29 is 4.74 Å². The minimum Gasteiger partial charge on any atom is -0.381 e. The maximum absolute atomic E-state index is 12.6. The molecule has 5 nitrogen and oxygen atoms in total. The van der Waals surface area contributed by atoms with Gasteiger partial charge in [-0.05, 0) is 70.1 Å². The van der Waals surface area contributed by atoms with Crippen molar-refractivity contribution in [3.05, 3.63) is 34.2 Å². The van der Waals surface area contributed by atoms with Gasteiger partial charge in [-0.25, -0.2) is 4.79 Å². The van der Waals surface area contributed by atoms with Crippen LogP contribution in [0.2, 0.25) is 0 Å². The first kappa shape index (κ1) is 17.8. The Kier molecular flexibility index (Phi) is 4.70. The van der Waals surface area contributed by atoms with Crippen LogP contribution in [0.15, 0.2) is 23.0 Å². The van der Waals surface area contributed by atoms with Crippen molar-refractivity contribution in [2.45, 2.75) is 70.1 Å². The van der Waals surface area contributed by atoms with Crippen LogP contribution in [-0.2, 0) is 4.74 Å². The number of aromatic nitrogens is 2. The molecule has 1 aliphatic heterocycles. The van der Waals surface area contributed by atoms with E-state index in [1.54, 1.807) is 0 Å². The summed E-state index contributed by atoms with van der Waals surface area (Å²) in [6, 6.07) is 6.50. The number of methoxy groups -OCH3 is 1. The molecule has 0 radical (unpaired) electrons. The van der Waals surface area contributed by atoms with Crippen molar-refractivity contribution in [1.29, 1.82) is 0 Å². The third-order valence-electron chi connectivity index (χ3n) is 6.71. The van der Waals surface area contributed by atoms with E-state index in [2.05, 4.69) is 35.9 Å². The Morgan fingerprint density at radius 1 is 1.23 bits per heavy atom. The number of benzene rings is 1. The van der Waals surface area contributed by atoms with E-state index in [-0.39, 0.29) is 11.2 Å². The molecule has 1 saturated heterocycles. The van der Waals surface area contributed by atoms with Gasteiger partial charge in [0.1, 0.15) is 0 Å². The molecule has 2 aromatic rings. The van der Waals surface area contributed by atoms with E-state index in [9.17, 15) is 4.79 Å². The lowest BCUT2D eigenvalue weighted by molar-refractivity contribution is -0.0287. The molecular weight excluding hydrogens is 326 g/mol. The number of aryl methyl sites for hydroxylation is 1. The summed E-state index contributed by atoms with van der Waals surface area (Å²) in [6.07, 6.45) is 7.28. The molecule has 0 unspecified atom stereocenters. The second-order valence-corrected chi connectivity index (χ2v) is 8.49. The van der Waals surface area contributed by atoms with Gasteiger partial charge in [0.15, 0.2) is 0 Å². The maximum atomic E-state index is 12.6. The number of likely N-dealkylation sites (tertiary alicyclic amines) is 1. The third-order valence-corrected chi connectivity index (χ3v) is 6.71. The van der Waals surface area contributed by atoms with Crippen molar-refractivity contribution in [2.24, 2.45) is 0 Å². The van der Waals surface area contributed by atoms with Gasteiger partial charge in [0, 0.05) is 31.8 Å². The van der Waals surface area contributed by atoms with Gasteiger partial charge in [-0.1, -0.05) is 6.07 Å². The Morgan fingerprint density at radius 3 is 2.73 bits per heavy atom. The van der Waals surface area contributed by atoms with Gasteiger partial charge >= 0.3 is 5.69 Å². The molecule has 4 rings (SSSR count). The summed E-state index contributed by atoms with van der Waals surface area (Å²) < 4.78 is 7.66. The SMILES string of the molecule is CO[C@H]1CCC[C@@](C)(N2CCC(n3c(=O)[nH]c4ccc(C)cc43)CC2)C1. The minimum atomic E-state index is 0.0346. The molecule has 1 aliphatic carbocycles. The van der Waals surface area contributed by atoms with Crippen molar-refractivity contribution in [1.82, 2.24) is 14.5 Å². The van der Waals surface area contributed by atoms with Crippen LogP contribution in [0.1, 0.15) is 57.1 Å². The van der Waals surface area contributed by atoms with Crippen LogP contribution in [0.4, 0.5) is 0 Å². The molecule has 2 heterocycles. The first-order valence-electron chi connectivity index (χ1n) is 9.99. The Labute approximate surface area is 155 Å². The van der Waals surface area contributed by atoms with E-state index in [4.69, 9.17) is 4.74 Å². The Bertz CT molecular complexity index is 831. The van der Waals surface area contributed by atoms with Crippen LogP contribution in [0.25, 0.3) is 11.0 Å². The van der Waals surface area contributed by atoms with Crippen LogP contribution in [0, 0.1) is 6.92 Å². The summed E-state index contributed by atoms with van der Waals surface area (Å²) in [5.74, 6) is 0. The van der Waals surface area contributed by atoms with Gasteiger partial charge in [0.25, 0.3) is 0 Å². The maximum Gasteiger partial charge on any atom is 0.326 e. The lowest BCUT2D eigenvalue weighted by Crippen LogP contribution is -2.53. The van der Waals surface area contributed by atoms with Crippen LogP contribution in [0.5, 0.6) is 0 Å². The number of piperidine rings is 1. The zero-order valence-corrected chi connectivity index (χ0v) is 16.3. The molecule has 1 saturated carbocycles. The molecule has 1 aromatic carbocycles. The summed E-state index contributed by atoms with van der Waals surface area (Å²) in [6.45, 7) is 6.60. The number of rotatable bonds is 3. The monoisotopic (exact) mass is 357 g/mol. The third kappa shape index (κ3) is 3.12. The van der Waals surface area contributed by atoms with Gasteiger partial charge in [0.2, 0.25) is 0 Å². The predicted octanol–water partition coefficient (Wildman–Crippen LogP) is 3.62. The van der Waals surface area contributed by atoms with Crippen molar-refractivity contribution >= 4 is 11.0 Å². The van der Waals surface area contributed by atoms with Gasteiger partial charge < -0.3 is 9.72 Å². The number of nitrogens with one attached hydrogen (secondary N) is 1. The van der Waals surface area contributed by atoms with E-state index in [1.165, 1.54) is 24.8 Å². The normalized spacial score (nSPS) is 28.7. The average Bonchev–Trinajstić information content (AvgIpc) is 2.97. The van der Waals surface area contributed by atoms with Gasteiger partial charge in [-0.15, -0.1) is 0 Å². The fraction of sp³-hybridized carbons (Fsp3) is 0.667. The van der Waals surface area contributed by atoms with Crippen molar-refractivity contribution in [3.63, 3.8) is 0 Å². The van der Waals surface area contributed by atoms with E-state index >= 15 is 0 Å². The summed E-state index contributed by atoms with van der Waals surface area (Å²) in [4.78, 5) is 18.2. The molecule has 2 aliphatic rings. The fourth-order valence-corrected chi connectivity index (χ4v) is 5.15. The zero-order valence-electron chi connectivity index (χ0n) is 16.3. The number of fused-ring (bicyclic) bond motifs is 1. The van der Waals surface area contributed by atoms with Crippen LogP contribution >= 0.6 is 0 Å². The number of hydrogen-bond donors (Lipinski definition) is 1. The quantitative estimate of drug-likeness (QED) is 0.913. The highest BCUT2D eigenvalue weighted by molar-refractivity contribution is 5.76. The lowest BCUT2D eigenvalue weighted by Gasteiger charge is -2.48. The molecule has 2 atom stereocenters. The molecule has 1 aromatic heterocycles. The Hall–Kier alpha value is -1.59. The van der Waals surface area contributed by atoms with Crippen LogP contribution in [0.3, 0.4) is 0 Å². The standard InChI is InChI=1S/C21H31N3O2/c1-15-6-7-18-19(13-15)24(20(25)22-18)16-8-11-23(12-9-16)21(2)10-4-5-17(14-21)26-3/h6-7,13,16-17H,4-5,8-12,14H2,1-3H3,(H,22,25)/t17-,21+/m0/s1. The fourth-order valence-electron chi connectivity index (χ4n) is 5.15. The largest absolute Gasteiger partial charge is 0.381 e. The summed E-state index contributed by atoms with van der Waals surface area (Å²) in [7, 11) is 1.84. The minimum absolute atomic E-state index is 0.0346. The Morgan fingerprint density at radius 2 is 2.00 bits per heavy atom. The van der Waals surface area contributed by atoms with Crippen LogP contribution in [-0.4, -0.2) is 46.3 Å². The first-order chi connectivity index (χ1) is 12.5. The molecule has 0 amide bonds. The van der Waals surface area contributed by atoms with Gasteiger partial charge in [-0.2, -0.15) is 0 Å². The molecule has 1 N–H and O–H groups in total. The second kappa shape index (κ2) is 6.86. The molecule has 0 bridgehead atoms. The summed E-state index contributed by atoms with van der Waals surface area (Å²) in [5.41, 5.74) is 3.48. The molecule has 142 valence electrons. The number of hydrogen-bond acceptors (Lipinski definition) is 3. The van der Waals surface area contributed by atoms with E-state index in [1.807, 2.05) is 17.7 Å². The van der Waals surface area contributed by atoms with E-state index in [0.29, 0.717) is 12.1 Å². The van der Waals surface area contributed by atoms with Crippen molar-refractivity contribution in [3.8, 4) is 0 Å². The highest BCUT2D eigenvalue weighted by Crippen LogP contribution is 2.38. The predicted molar refractivity (Wildman–Crippen MR) is 105 cm³/mol. The Balaban J connectivity index is 1.51. The smallest absolute Gasteiger partial charge is 0.326 e. The number of H-pyrrole nitrogens is 1. The van der Waals surface area contributed by atoms with E-state index in [0.717, 1.165) is 43.4 Å². The first-order valence-corrected chi connectivity index (χ1v) is 9.99. The number of imidazole rings is 1. The molecule has 0 spiro atoms. The van der Waals surface area contributed by atoms with Gasteiger partial charge in [-0.3, -0.25) is 9.47 Å². The average molecular weight is 357 g/mol. The number of nitrogens with zero attached hydrogens (tertiary/aromatic N) is 2. The summed E-state index contributed by atoms with van der Waals surface area (Å²) >= 11 is 0. The number of ether oxygens (including phenoxy) is 1. The van der Waals surface area contributed by atoms with Gasteiger partial charge in [0.05, 0.1) is 17.1 Å². The zero-order chi connectivity index (χ0) is 18.3. The highest BCUT2D eigenvalue weighted by atomic mass is 16.5. The summed E-state index contributed by atoms with van der Waals surface area (Å²) in [5, 5.41) is 0. The number of aromatic amines is 1. The molecule has 5 heteroatoms. The lowest BCUT2D eigenvalue weighted by atomic mass is 9.79. The van der Waals surface area contributed by atoms with E-state index < -0.39 is 0 Å². The second-order valence-electron chi connectivity index (χ2n) is 8.49. The topological polar surface area (TPSA) is 50.3 Å². The highest BCUT2D eigenvalue weighted by Gasteiger charge is 2.39. The molecular formula is C21H31N3O2. The van der Waals surface area contributed by atoms with Crippen LogP contribution < -0.4 is 5.69 Å².